The van der Waals surface area contributed by atoms with Crippen molar-refractivity contribution in [1.82, 2.24) is 0 Å². The van der Waals surface area contributed by atoms with Gasteiger partial charge in [-0.3, -0.25) is 0 Å². The maximum atomic E-state index is 6.02. The molecule has 1 nitrogen and oxygen atoms in total. The SMILES string of the molecule is CCC=C=CC1CCC(CCCCCCCCC)O1. The summed E-state index contributed by atoms with van der Waals surface area (Å²) >= 11 is 0. The molecule has 1 heterocycles. The molecule has 0 radical (unpaired) electrons. The molecule has 2 unspecified atom stereocenters. The third-order valence-electron chi connectivity index (χ3n) is 3.87. The maximum Gasteiger partial charge on any atom is 0.0833 e. The van der Waals surface area contributed by atoms with Gasteiger partial charge < -0.3 is 4.74 Å². The molecule has 0 aromatic rings. The van der Waals surface area contributed by atoms with Crippen LogP contribution in [0.1, 0.15) is 84.5 Å². The van der Waals surface area contributed by atoms with Crippen LogP contribution in [0, 0.1) is 0 Å². The number of unbranched alkanes of at least 4 members (excludes halogenated alkanes) is 6. The molecule has 2 atom stereocenters. The minimum atomic E-state index is 0.331. The Kier molecular flexibility index (Phi) is 9.85. The third-order valence-corrected chi connectivity index (χ3v) is 3.87. The highest BCUT2D eigenvalue weighted by molar-refractivity contribution is 4.93. The Balaban J connectivity index is 1.98. The summed E-state index contributed by atoms with van der Waals surface area (Å²) in [6, 6.07) is 0. The molecule has 0 aromatic heterocycles. The van der Waals surface area contributed by atoms with Crippen molar-refractivity contribution in [3.8, 4) is 0 Å². The van der Waals surface area contributed by atoms with Gasteiger partial charge >= 0.3 is 0 Å². The van der Waals surface area contributed by atoms with Crippen LogP contribution in [-0.2, 0) is 4.74 Å². The van der Waals surface area contributed by atoms with Gasteiger partial charge in [0.1, 0.15) is 0 Å². The van der Waals surface area contributed by atoms with Crippen molar-refractivity contribution in [2.75, 3.05) is 0 Å². The summed E-state index contributed by atoms with van der Waals surface area (Å²) < 4.78 is 6.02. The lowest BCUT2D eigenvalue weighted by Gasteiger charge is -2.10. The zero-order chi connectivity index (χ0) is 13.8. The summed E-state index contributed by atoms with van der Waals surface area (Å²) in [6.45, 7) is 4.41. The zero-order valence-corrected chi connectivity index (χ0v) is 13.0. The second-order valence-corrected chi connectivity index (χ2v) is 5.73. The fourth-order valence-corrected chi connectivity index (χ4v) is 2.69. The van der Waals surface area contributed by atoms with Crippen LogP contribution in [0.4, 0.5) is 0 Å². The molecule has 1 rings (SSSR count). The number of ether oxygens (including phenoxy) is 1. The first-order valence-electron chi connectivity index (χ1n) is 8.43. The van der Waals surface area contributed by atoms with E-state index in [2.05, 4.69) is 31.7 Å². The fraction of sp³-hybridized carbons (Fsp3) is 0.833. The lowest BCUT2D eigenvalue weighted by molar-refractivity contribution is 0.0641. The molecule has 1 aliphatic heterocycles. The van der Waals surface area contributed by atoms with E-state index in [4.69, 9.17) is 4.74 Å². The van der Waals surface area contributed by atoms with Crippen molar-refractivity contribution in [2.24, 2.45) is 0 Å². The number of hydrogen-bond donors (Lipinski definition) is 0. The molecule has 0 aliphatic carbocycles. The summed E-state index contributed by atoms with van der Waals surface area (Å²) in [5.74, 6) is 0. The molecule has 19 heavy (non-hydrogen) atoms. The van der Waals surface area contributed by atoms with Gasteiger partial charge in [0.15, 0.2) is 0 Å². The summed E-state index contributed by atoms with van der Waals surface area (Å²) in [5.41, 5.74) is 3.22. The van der Waals surface area contributed by atoms with Gasteiger partial charge in [0.2, 0.25) is 0 Å². The van der Waals surface area contributed by atoms with Crippen LogP contribution in [-0.4, -0.2) is 12.2 Å². The first-order chi connectivity index (χ1) is 9.36. The number of rotatable bonds is 10. The molecule has 0 aromatic carbocycles. The third kappa shape index (κ3) is 8.29. The Labute approximate surface area is 120 Å². The van der Waals surface area contributed by atoms with Gasteiger partial charge in [-0.05, 0) is 37.8 Å². The monoisotopic (exact) mass is 264 g/mol. The normalized spacial score (nSPS) is 22.2. The average molecular weight is 264 g/mol. The lowest BCUT2D eigenvalue weighted by Crippen LogP contribution is -2.08. The Hall–Kier alpha value is -0.520. The molecule has 0 N–H and O–H groups in total. The van der Waals surface area contributed by atoms with Crippen LogP contribution in [0.25, 0.3) is 0 Å². The quantitative estimate of drug-likeness (QED) is 0.358. The number of hydrogen-bond acceptors (Lipinski definition) is 1. The van der Waals surface area contributed by atoms with E-state index in [1.807, 2.05) is 0 Å². The fourth-order valence-electron chi connectivity index (χ4n) is 2.69. The topological polar surface area (TPSA) is 9.23 Å². The van der Waals surface area contributed by atoms with Crippen LogP contribution < -0.4 is 0 Å². The van der Waals surface area contributed by atoms with Crippen molar-refractivity contribution in [3.63, 3.8) is 0 Å². The zero-order valence-electron chi connectivity index (χ0n) is 13.0. The Morgan fingerprint density at radius 1 is 1.00 bits per heavy atom. The molecule has 1 saturated heterocycles. The molecule has 0 saturated carbocycles. The van der Waals surface area contributed by atoms with Crippen molar-refractivity contribution < 1.29 is 4.74 Å². The summed E-state index contributed by atoms with van der Waals surface area (Å²) in [4.78, 5) is 0. The van der Waals surface area contributed by atoms with Crippen molar-refractivity contribution in [3.05, 3.63) is 17.9 Å². The highest BCUT2D eigenvalue weighted by atomic mass is 16.5. The van der Waals surface area contributed by atoms with Crippen LogP contribution in [0.15, 0.2) is 17.9 Å². The maximum absolute atomic E-state index is 6.02. The molecule has 1 aliphatic rings. The van der Waals surface area contributed by atoms with Gasteiger partial charge in [0.05, 0.1) is 12.2 Å². The van der Waals surface area contributed by atoms with E-state index in [-0.39, 0.29) is 0 Å². The van der Waals surface area contributed by atoms with Crippen LogP contribution in [0.5, 0.6) is 0 Å². The van der Waals surface area contributed by atoms with Gasteiger partial charge in [0, 0.05) is 0 Å². The van der Waals surface area contributed by atoms with Gasteiger partial charge in [-0.2, -0.15) is 0 Å². The molecule has 0 amide bonds. The van der Waals surface area contributed by atoms with Gasteiger partial charge in [0.25, 0.3) is 0 Å². The van der Waals surface area contributed by atoms with Crippen LogP contribution >= 0.6 is 0 Å². The molecule has 1 heteroatoms. The first kappa shape index (κ1) is 16.5. The predicted octanol–water partition coefficient (Wildman–Crippen LogP) is 5.80. The summed E-state index contributed by atoms with van der Waals surface area (Å²) in [6.07, 6.45) is 19.5. The van der Waals surface area contributed by atoms with Crippen molar-refractivity contribution in [1.29, 1.82) is 0 Å². The largest absolute Gasteiger partial charge is 0.370 e. The predicted molar refractivity (Wildman–Crippen MR) is 83.4 cm³/mol. The van der Waals surface area contributed by atoms with Crippen LogP contribution in [0.2, 0.25) is 0 Å². The Bertz CT molecular complexity index is 263. The van der Waals surface area contributed by atoms with E-state index in [0.717, 1.165) is 6.42 Å². The van der Waals surface area contributed by atoms with Crippen LogP contribution in [0.3, 0.4) is 0 Å². The van der Waals surface area contributed by atoms with E-state index in [1.165, 1.54) is 64.2 Å². The molecule has 1 fully saturated rings. The minimum Gasteiger partial charge on any atom is -0.370 e. The lowest BCUT2D eigenvalue weighted by atomic mass is 10.0. The van der Waals surface area contributed by atoms with E-state index >= 15 is 0 Å². The molecular weight excluding hydrogens is 232 g/mol. The van der Waals surface area contributed by atoms with E-state index < -0.39 is 0 Å². The standard InChI is InChI=1S/C18H32O/c1-3-5-7-8-9-10-12-14-18-16-15-17(19-18)13-11-6-4-2/h6,13,17-18H,3-5,7-10,12,14-16H2,1-2H3. The van der Waals surface area contributed by atoms with Gasteiger partial charge in [-0.15, -0.1) is 5.73 Å². The minimum absolute atomic E-state index is 0.331. The van der Waals surface area contributed by atoms with Gasteiger partial charge in [-0.25, -0.2) is 0 Å². The second kappa shape index (κ2) is 11.3. The van der Waals surface area contributed by atoms with Gasteiger partial charge in [-0.1, -0.05) is 58.8 Å². The highest BCUT2D eigenvalue weighted by Gasteiger charge is 2.22. The molecule has 0 spiro atoms. The Morgan fingerprint density at radius 2 is 1.74 bits per heavy atom. The van der Waals surface area contributed by atoms with E-state index in [9.17, 15) is 0 Å². The summed E-state index contributed by atoms with van der Waals surface area (Å²) in [5, 5.41) is 0. The molecular formula is C18H32O. The van der Waals surface area contributed by atoms with Crippen molar-refractivity contribution in [2.45, 2.75) is 96.7 Å². The molecule has 0 bridgehead atoms. The average Bonchev–Trinajstić information content (AvgIpc) is 2.86. The smallest absolute Gasteiger partial charge is 0.0833 e. The second-order valence-electron chi connectivity index (χ2n) is 5.73. The molecule has 110 valence electrons. The Morgan fingerprint density at radius 3 is 2.47 bits per heavy atom. The highest BCUT2D eigenvalue weighted by Crippen LogP contribution is 2.24. The summed E-state index contributed by atoms with van der Waals surface area (Å²) in [7, 11) is 0. The first-order valence-corrected chi connectivity index (χ1v) is 8.43. The van der Waals surface area contributed by atoms with Crippen molar-refractivity contribution >= 4 is 0 Å². The van der Waals surface area contributed by atoms with E-state index in [0.29, 0.717) is 12.2 Å². The van der Waals surface area contributed by atoms with E-state index in [1.54, 1.807) is 0 Å².